The van der Waals surface area contributed by atoms with Gasteiger partial charge >= 0.3 is 0 Å². The van der Waals surface area contributed by atoms with Crippen LogP contribution >= 0.6 is 0 Å². The minimum absolute atomic E-state index is 0.164. The number of aryl methyl sites for hydroxylation is 2. The van der Waals surface area contributed by atoms with Crippen molar-refractivity contribution in [3.8, 4) is 23.0 Å². The van der Waals surface area contributed by atoms with E-state index in [0.717, 1.165) is 22.3 Å². The second-order valence-corrected chi connectivity index (χ2v) is 9.05. The van der Waals surface area contributed by atoms with E-state index in [1.54, 1.807) is 12.1 Å². The SMILES string of the molecule is Cc1ccc(O)c(Cc2cccc(C(C)c3cccc(Cc4cc(C)ccc4O)c3O)c2O)c1. The molecule has 4 heteroatoms. The molecule has 0 aliphatic heterocycles. The van der Waals surface area contributed by atoms with E-state index in [-0.39, 0.29) is 28.9 Å². The molecular weight excluding hydrogens is 424 g/mol. The van der Waals surface area contributed by atoms with Crippen molar-refractivity contribution in [2.45, 2.75) is 39.5 Å². The molecule has 4 rings (SSSR count). The highest BCUT2D eigenvalue weighted by Crippen LogP contribution is 2.40. The Morgan fingerprint density at radius 2 is 0.971 bits per heavy atom. The molecule has 4 aromatic carbocycles. The van der Waals surface area contributed by atoms with Gasteiger partial charge in [-0.05, 0) is 48.2 Å². The smallest absolute Gasteiger partial charge is 0.122 e. The molecule has 0 amide bonds. The lowest BCUT2D eigenvalue weighted by Crippen LogP contribution is -2.02. The van der Waals surface area contributed by atoms with Crippen molar-refractivity contribution in [1.82, 2.24) is 0 Å². The lowest BCUT2D eigenvalue weighted by atomic mass is 9.87. The Labute approximate surface area is 200 Å². The van der Waals surface area contributed by atoms with Gasteiger partial charge in [-0.25, -0.2) is 0 Å². The summed E-state index contributed by atoms with van der Waals surface area (Å²) in [6, 6.07) is 22.1. The number of aromatic hydroxyl groups is 4. The first-order valence-electron chi connectivity index (χ1n) is 11.4. The summed E-state index contributed by atoms with van der Waals surface area (Å²) in [5.41, 5.74) is 6.42. The number of rotatable bonds is 6. The Morgan fingerprint density at radius 1 is 0.559 bits per heavy atom. The van der Waals surface area contributed by atoms with Crippen molar-refractivity contribution in [3.05, 3.63) is 117 Å². The fraction of sp³-hybridized carbons (Fsp3) is 0.200. The first-order valence-corrected chi connectivity index (χ1v) is 11.4. The molecule has 0 saturated carbocycles. The third-order valence-corrected chi connectivity index (χ3v) is 6.47. The van der Waals surface area contributed by atoms with Crippen LogP contribution in [0, 0.1) is 13.8 Å². The van der Waals surface area contributed by atoms with Crippen molar-refractivity contribution in [2.24, 2.45) is 0 Å². The molecule has 0 heterocycles. The molecular formula is C30H30O4. The number of hydrogen-bond acceptors (Lipinski definition) is 4. The summed E-state index contributed by atoms with van der Waals surface area (Å²) >= 11 is 0. The topological polar surface area (TPSA) is 80.9 Å². The number of hydrogen-bond donors (Lipinski definition) is 4. The molecule has 174 valence electrons. The van der Waals surface area contributed by atoms with Crippen LogP contribution in [0.1, 0.15) is 57.3 Å². The molecule has 0 unspecified atom stereocenters. The average Bonchev–Trinajstić information content (AvgIpc) is 2.81. The molecule has 0 saturated heterocycles. The van der Waals surface area contributed by atoms with Crippen LogP contribution in [-0.2, 0) is 12.8 Å². The summed E-state index contributed by atoms with van der Waals surface area (Å²) < 4.78 is 0. The van der Waals surface area contributed by atoms with E-state index in [9.17, 15) is 20.4 Å². The van der Waals surface area contributed by atoms with Crippen molar-refractivity contribution >= 4 is 0 Å². The van der Waals surface area contributed by atoms with Crippen molar-refractivity contribution < 1.29 is 20.4 Å². The van der Waals surface area contributed by atoms with Gasteiger partial charge in [0, 0.05) is 29.9 Å². The fourth-order valence-corrected chi connectivity index (χ4v) is 4.50. The fourth-order valence-electron chi connectivity index (χ4n) is 4.50. The van der Waals surface area contributed by atoms with Crippen LogP contribution in [-0.4, -0.2) is 20.4 Å². The second-order valence-electron chi connectivity index (χ2n) is 9.05. The summed E-state index contributed by atoms with van der Waals surface area (Å²) in [7, 11) is 0. The number of benzene rings is 4. The molecule has 0 aromatic heterocycles. The summed E-state index contributed by atoms with van der Waals surface area (Å²) in [5.74, 6) is 0.465. The minimum Gasteiger partial charge on any atom is -0.508 e. The van der Waals surface area contributed by atoms with E-state index in [1.165, 1.54) is 0 Å². The van der Waals surface area contributed by atoms with Gasteiger partial charge in [0.2, 0.25) is 0 Å². The second kappa shape index (κ2) is 9.52. The van der Waals surface area contributed by atoms with Crippen molar-refractivity contribution in [2.75, 3.05) is 0 Å². The van der Waals surface area contributed by atoms with Crippen LogP contribution in [0.25, 0.3) is 0 Å². The highest BCUT2D eigenvalue weighted by molar-refractivity contribution is 5.54. The van der Waals surface area contributed by atoms with Gasteiger partial charge in [-0.3, -0.25) is 0 Å². The zero-order valence-corrected chi connectivity index (χ0v) is 19.7. The first-order chi connectivity index (χ1) is 16.2. The highest BCUT2D eigenvalue weighted by Gasteiger charge is 2.20. The number of phenolic OH excluding ortho intramolecular Hbond substituents is 4. The van der Waals surface area contributed by atoms with Gasteiger partial charge in [0.25, 0.3) is 0 Å². The molecule has 0 atom stereocenters. The molecule has 4 N–H and O–H groups in total. The maximum atomic E-state index is 11.1. The zero-order valence-electron chi connectivity index (χ0n) is 19.7. The molecule has 0 aliphatic carbocycles. The van der Waals surface area contributed by atoms with Crippen LogP contribution in [0.15, 0.2) is 72.8 Å². The quantitative estimate of drug-likeness (QED) is 0.270. The van der Waals surface area contributed by atoms with Gasteiger partial charge in [0.1, 0.15) is 23.0 Å². The third-order valence-electron chi connectivity index (χ3n) is 6.47. The third kappa shape index (κ3) is 4.72. The average molecular weight is 455 g/mol. The van der Waals surface area contributed by atoms with Gasteiger partial charge in [-0.2, -0.15) is 0 Å². The number of para-hydroxylation sites is 2. The van der Waals surface area contributed by atoms with Crippen LogP contribution in [0.5, 0.6) is 23.0 Å². The van der Waals surface area contributed by atoms with Gasteiger partial charge in [-0.1, -0.05) is 78.7 Å². The zero-order chi connectivity index (χ0) is 24.4. The maximum absolute atomic E-state index is 11.1. The molecule has 0 fully saturated rings. The summed E-state index contributed by atoms with van der Waals surface area (Å²) in [6.07, 6.45) is 0.803. The van der Waals surface area contributed by atoms with Gasteiger partial charge in [0.15, 0.2) is 0 Å². The Balaban J connectivity index is 1.66. The number of phenols is 4. The molecule has 0 aliphatic rings. The monoisotopic (exact) mass is 454 g/mol. The Bertz CT molecular complexity index is 1240. The van der Waals surface area contributed by atoms with Crippen molar-refractivity contribution in [1.29, 1.82) is 0 Å². The molecule has 0 bridgehead atoms. The molecule has 0 spiro atoms. The standard InChI is InChI=1S/C30H30O4/c1-18-10-12-27(31)23(14-18)16-21-6-4-8-25(29(21)33)20(3)26-9-5-7-22(30(26)34)17-24-15-19(2)11-13-28(24)32/h4-15,20,31-34H,16-17H2,1-3H3. The van der Waals surface area contributed by atoms with E-state index in [2.05, 4.69) is 0 Å². The Hall–Kier alpha value is -3.92. The molecule has 34 heavy (non-hydrogen) atoms. The largest absolute Gasteiger partial charge is 0.508 e. The first kappa shape index (κ1) is 23.2. The van der Waals surface area contributed by atoms with Gasteiger partial charge in [0.05, 0.1) is 0 Å². The summed E-state index contributed by atoms with van der Waals surface area (Å²) in [5, 5.41) is 42.7. The normalized spacial score (nSPS) is 11.2. The van der Waals surface area contributed by atoms with E-state index < -0.39 is 0 Å². The molecule has 4 aromatic rings. The van der Waals surface area contributed by atoms with Gasteiger partial charge < -0.3 is 20.4 Å². The molecule has 4 nitrogen and oxygen atoms in total. The van der Waals surface area contributed by atoms with Crippen LogP contribution in [0.3, 0.4) is 0 Å². The minimum atomic E-state index is -0.267. The maximum Gasteiger partial charge on any atom is 0.122 e. The molecule has 0 radical (unpaired) electrons. The predicted molar refractivity (Wildman–Crippen MR) is 135 cm³/mol. The highest BCUT2D eigenvalue weighted by atomic mass is 16.3. The van der Waals surface area contributed by atoms with E-state index in [1.807, 2.05) is 81.4 Å². The van der Waals surface area contributed by atoms with Crippen LogP contribution in [0.2, 0.25) is 0 Å². The summed E-state index contributed by atoms with van der Waals surface area (Å²) in [6.45, 7) is 5.88. The van der Waals surface area contributed by atoms with Crippen LogP contribution in [0.4, 0.5) is 0 Å². The van der Waals surface area contributed by atoms with Gasteiger partial charge in [-0.15, -0.1) is 0 Å². The van der Waals surface area contributed by atoms with E-state index in [0.29, 0.717) is 35.1 Å². The predicted octanol–water partition coefficient (Wildman–Crippen LogP) is 6.46. The lowest BCUT2D eigenvalue weighted by Gasteiger charge is -2.19. The Morgan fingerprint density at radius 3 is 1.38 bits per heavy atom. The Kier molecular flexibility index (Phi) is 6.51. The van der Waals surface area contributed by atoms with E-state index in [4.69, 9.17) is 0 Å². The van der Waals surface area contributed by atoms with Crippen molar-refractivity contribution in [3.63, 3.8) is 0 Å². The summed E-state index contributed by atoms with van der Waals surface area (Å²) in [4.78, 5) is 0. The van der Waals surface area contributed by atoms with Crippen LogP contribution < -0.4 is 0 Å². The van der Waals surface area contributed by atoms with E-state index >= 15 is 0 Å². The lowest BCUT2D eigenvalue weighted by molar-refractivity contribution is 0.449.